The number of halogens is 4. The van der Waals surface area contributed by atoms with Gasteiger partial charge in [-0.1, -0.05) is 36.6 Å². The van der Waals surface area contributed by atoms with Crippen LogP contribution in [0.5, 0.6) is 0 Å². The predicted molar refractivity (Wildman–Crippen MR) is 139 cm³/mol. The zero-order valence-electron chi connectivity index (χ0n) is 21.6. The van der Waals surface area contributed by atoms with Crippen LogP contribution in [0.3, 0.4) is 0 Å². The Balaban J connectivity index is 1.30. The number of sulfonamides is 1. The second kappa shape index (κ2) is 9.37. The third-order valence-electron chi connectivity index (χ3n) is 8.66. The number of hydrogen-bond donors (Lipinski definition) is 2. The van der Waals surface area contributed by atoms with Crippen molar-refractivity contribution >= 4 is 33.4 Å². The lowest BCUT2D eigenvalue weighted by molar-refractivity contribution is -0.151. The minimum atomic E-state index is -4.34. The van der Waals surface area contributed by atoms with E-state index in [0.29, 0.717) is 43.0 Å². The fourth-order valence-electron chi connectivity index (χ4n) is 6.69. The smallest absolute Gasteiger partial charge is 0.360 e. The number of benzene rings is 1. The lowest BCUT2D eigenvalue weighted by Gasteiger charge is -2.73. The Morgan fingerprint density at radius 3 is 2.34 bits per heavy atom. The summed E-state index contributed by atoms with van der Waals surface area (Å²) in [5.41, 5.74) is -0.800. The van der Waals surface area contributed by atoms with E-state index in [2.05, 4.69) is 10.6 Å². The monoisotopic (exact) mass is 574 g/mol. The zero-order valence-corrected chi connectivity index (χ0v) is 23.1. The van der Waals surface area contributed by atoms with Gasteiger partial charge in [-0.3, -0.25) is 9.79 Å². The van der Waals surface area contributed by atoms with Gasteiger partial charge in [0.1, 0.15) is 11.9 Å². The van der Waals surface area contributed by atoms with Crippen molar-refractivity contribution in [2.24, 2.45) is 10.4 Å². The molecule has 38 heavy (non-hydrogen) atoms. The first-order valence-electron chi connectivity index (χ1n) is 13.1. The van der Waals surface area contributed by atoms with Gasteiger partial charge in [0.25, 0.3) is 0 Å². The SMILES string of the molecule is CC1(C)N=C(C23CC(N(Cc4ccc(Cl)cc4)S(=O)(=O)C4CCCC4)(C2)C3)N[C@H]1C(=O)NCCC(F)(F)F. The number of hydrogen-bond acceptors (Lipinski definition) is 5. The van der Waals surface area contributed by atoms with E-state index < -0.39 is 52.2 Å². The summed E-state index contributed by atoms with van der Waals surface area (Å²) in [6.45, 7) is 3.35. The Morgan fingerprint density at radius 1 is 1.16 bits per heavy atom. The number of rotatable bonds is 9. The van der Waals surface area contributed by atoms with E-state index in [0.717, 1.165) is 18.4 Å². The van der Waals surface area contributed by atoms with Crippen LogP contribution in [0.1, 0.15) is 70.8 Å². The van der Waals surface area contributed by atoms with Crippen LogP contribution >= 0.6 is 11.6 Å². The molecule has 1 aromatic rings. The summed E-state index contributed by atoms with van der Waals surface area (Å²) in [4.78, 5) is 17.5. The second-order valence-corrected chi connectivity index (χ2v) is 14.5. The van der Waals surface area contributed by atoms with Gasteiger partial charge in [0.15, 0.2) is 0 Å². The van der Waals surface area contributed by atoms with Crippen LogP contribution in [-0.2, 0) is 21.4 Å². The maximum absolute atomic E-state index is 13.8. The van der Waals surface area contributed by atoms with Crippen molar-refractivity contribution in [2.45, 2.75) is 100 Å². The average Bonchev–Trinajstić information content (AvgIpc) is 3.40. The van der Waals surface area contributed by atoms with Gasteiger partial charge in [-0.15, -0.1) is 0 Å². The minimum Gasteiger partial charge on any atom is -0.360 e. The first-order valence-corrected chi connectivity index (χ1v) is 15.0. The molecule has 4 aliphatic carbocycles. The molecule has 0 unspecified atom stereocenters. The molecule has 12 heteroatoms. The van der Waals surface area contributed by atoms with Crippen LogP contribution in [0.2, 0.25) is 5.02 Å². The third kappa shape index (κ3) is 4.94. The van der Waals surface area contributed by atoms with Gasteiger partial charge in [0.05, 0.1) is 17.2 Å². The summed E-state index contributed by atoms with van der Waals surface area (Å²) >= 11 is 6.04. The molecule has 1 aromatic carbocycles. The van der Waals surface area contributed by atoms with Crippen LogP contribution in [0.4, 0.5) is 13.2 Å². The van der Waals surface area contributed by atoms with Gasteiger partial charge in [-0.05, 0) is 63.6 Å². The van der Waals surface area contributed by atoms with E-state index in [1.165, 1.54) is 0 Å². The highest BCUT2D eigenvalue weighted by Gasteiger charge is 2.75. The molecule has 7 nitrogen and oxygen atoms in total. The summed E-state index contributed by atoms with van der Waals surface area (Å²) in [7, 11) is -3.53. The molecule has 4 fully saturated rings. The summed E-state index contributed by atoms with van der Waals surface area (Å²) in [5.74, 6) is 0.137. The van der Waals surface area contributed by atoms with Gasteiger partial charge < -0.3 is 10.6 Å². The van der Waals surface area contributed by atoms with Crippen LogP contribution in [-0.4, -0.2) is 59.6 Å². The number of nitrogens with zero attached hydrogens (tertiary/aromatic N) is 2. The molecular weight excluding hydrogens is 541 g/mol. The Hall–Kier alpha value is -1.85. The summed E-state index contributed by atoms with van der Waals surface area (Å²) in [6.07, 6.45) is -0.453. The summed E-state index contributed by atoms with van der Waals surface area (Å²) < 4.78 is 66.9. The van der Waals surface area contributed by atoms with Crippen molar-refractivity contribution in [3.8, 4) is 0 Å². The maximum Gasteiger partial charge on any atom is 0.390 e. The lowest BCUT2D eigenvalue weighted by atomic mass is 9.38. The molecule has 1 atom stereocenters. The van der Waals surface area contributed by atoms with Crippen LogP contribution < -0.4 is 10.6 Å². The van der Waals surface area contributed by atoms with Crippen molar-refractivity contribution in [1.82, 2.24) is 14.9 Å². The van der Waals surface area contributed by atoms with E-state index in [4.69, 9.17) is 16.6 Å². The second-order valence-electron chi connectivity index (χ2n) is 12.0. The number of amidine groups is 1. The molecule has 1 heterocycles. The highest BCUT2D eigenvalue weighted by molar-refractivity contribution is 7.89. The molecule has 1 aliphatic heterocycles. The molecule has 1 amide bonds. The number of carbonyl (C=O) groups excluding carboxylic acids is 1. The van der Waals surface area contributed by atoms with E-state index in [9.17, 15) is 26.4 Å². The highest BCUT2D eigenvalue weighted by atomic mass is 35.5. The van der Waals surface area contributed by atoms with E-state index in [1.54, 1.807) is 30.3 Å². The molecule has 6 rings (SSSR count). The number of amides is 1. The Morgan fingerprint density at radius 2 is 1.76 bits per heavy atom. The van der Waals surface area contributed by atoms with E-state index in [-0.39, 0.29) is 17.2 Å². The normalized spacial score (nSPS) is 30.4. The zero-order chi connectivity index (χ0) is 27.6. The summed E-state index contributed by atoms with van der Waals surface area (Å²) in [5, 5.41) is 5.78. The standard InChI is InChI=1S/C26H34ClF3N4O3S/c1-23(2)20(21(35)31-12-11-26(28,29)30)32-22(33-23)24-14-25(15-24,16-24)34(13-17-7-9-18(27)10-8-17)38(36,37)19-5-3-4-6-19/h7-10,19-20H,3-6,11-16H2,1-2H3,(H,31,35)(H,32,33)/t20-,24?,25?/m0/s1. The van der Waals surface area contributed by atoms with Crippen molar-refractivity contribution in [2.75, 3.05) is 6.54 Å². The molecular formula is C26H34ClF3N4O3S. The highest BCUT2D eigenvalue weighted by Crippen LogP contribution is 2.71. The van der Waals surface area contributed by atoms with Crippen molar-refractivity contribution in [3.05, 3.63) is 34.9 Å². The minimum absolute atomic E-state index is 0.279. The van der Waals surface area contributed by atoms with Gasteiger partial charge in [-0.25, -0.2) is 8.42 Å². The van der Waals surface area contributed by atoms with Crippen molar-refractivity contribution in [1.29, 1.82) is 0 Å². The Bertz CT molecular complexity index is 1210. The fraction of sp³-hybridized carbons (Fsp3) is 0.692. The van der Waals surface area contributed by atoms with Gasteiger partial charge in [0.2, 0.25) is 15.9 Å². The lowest BCUT2D eigenvalue weighted by Crippen LogP contribution is -2.79. The first-order chi connectivity index (χ1) is 17.7. The number of carbonyl (C=O) groups is 1. The molecule has 0 aromatic heterocycles. The number of alkyl halides is 3. The summed E-state index contributed by atoms with van der Waals surface area (Å²) in [6, 6.07) is 6.45. The molecule has 0 radical (unpaired) electrons. The van der Waals surface area contributed by atoms with Crippen LogP contribution in [0, 0.1) is 5.41 Å². The van der Waals surface area contributed by atoms with Crippen molar-refractivity contribution < 1.29 is 26.4 Å². The van der Waals surface area contributed by atoms with Crippen LogP contribution in [0.15, 0.2) is 29.3 Å². The quantitative estimate of drug-likeness (QED) is 0.453. The molecule has 0 spiro atoms. The van der Waals surface area contributed by atoms with E-state index in [1.807, 2.05) is 12.1 Å². The molecule has 0 saturated heterocycles. The predicted octanol–water partition coefficient (Wildman–Crippen LogP) is 4.55. The molecule has 5 aliphatic rings. The molecule has 4 saturated carbocycles. The molecule has 2 bridgehead atoms. The number of nitrogens with one attached hydrogen (secondary N) is 2. The van der Waals surface area contributed by atoms with Crippen molar-refractivity contribution in [3.63, 3.8) is 0 Å². The van der Waals surface area contributed by atoms with Gasteiger partial charge >= 0.3 is 6.18 Å². The Kier molecular flexibility index (Phi) is 6.83. The fourth-order valence-corrected chi connectivity index (χ4v) is 9.16. The van der Waals surface area contributed by atoms with Crippen LogP contribution in [0.25, 0.3) is 0 Å². The Labute approximate surface area is 226 Å². The van der Waals surface area contributed by atoms with Gasteiger partial charge in [-0.2, -0.15) is 17.5 Å². The third-order valence-corrected chi connectivity index (χ3v) is 11.4. The topological polar surface area (TPSA) is 90.9 Å². The largest absolute Gasteiger partial charge is 0.390 e. The average molecular weight is 575 g/mol. The molecule has 2 N–H and O–H groups in total. The molecule has 210 valence electrons. The first kappa shape index (κ1) is 27.7. The maximum atomic E-state index is 13.8. The van der Waals surface area contributed by atoms with Gasteiger partial charge in [0, 0.05) is 29.1 Å². The van der Waals surface area contributed by atoms with E-state index >= 15 is 0 Å². The number of aliphatic imine (C=N–C) groups is 1.